The van der Waals surface area contributed by atoms with Gasteiger partial charge in [0.25, 0.3) is 0 Å². The first-order valence-corrected chi connectivity index (χ1v) is 7.03. The Labute approximate surface area is 116 Å². The average molecular weight is 316 g/mol. The number of ether oxygens (including phenoxy) is 1. The van der Waals surface area contributed by atoms with Crippen LogP contribution in [0.2, 0.25) is 0 Å². The fourth-order valence-corrected chi connectivity index (χ4v) is 2.98. The predicted molar refractivity (Wildman–Crippen MR) is 74.0 cm³/mol. The minimum absolute atomic E-state index is 0.0508. The second-order valence-corrected chi connectivity index (χ2v) is 6.06. The molecule has 1 saturated heterocycles. The van der Waals surface area contributed by atoms with E-state index in [1.54, 1.807) is 7.11 Å². The van der Waals surface area contributed by atoms with E-state index in [-0.39, 0.29) is 11.4 Å². The molecule has 2 nitrogen and oxygen atoms in total. The van der Waals surface area contributed by atoms with E-state index in [4.69, 9.17) is 4.74 Å². The molecule has 2 rings (SSSR count). The zero-order valence-corrected chi connectivity index (χ0v) is 12.5. The van der Waals surface area contributed by atoms with E-state index in [0.717, 1.165) is 42.5 Å². The van der Waals surface area contributed by atoms with Gasteiger partial charge in [0.05, 0.1) is 5.60 Å². The van der Waals surface area contributed by atoms with Crippen LogP contribution in [0.5, 0.6) is 0 Å². The molecule has 0 radical (unpaired) electrons. The van der Waals surface area contributed by atoms with Crippen molar-refractivity contribution in [3.63, 3.8) is 0 Å². The van der Waals surface area contributed by atoms with Gasteiger partial charge in [0, 0.05) is 24.7 Å². The maximum absolute atomic E-state index is 13.0. The zero-order valence-electron chi connectivity index (χ0n) is 10.9. The van der Waals surface area contributed by atoms with Crippen LogP contribution in [-0.2, 0) is 11.3 Å². The van der Waals surface area contributed by atoms with Crippen molar-refractivity contribution in [1.29, 1.82) is 0 Å². The van der Waals surface area contributed by atoms with Gasteiger partial charge in [-0.15, -0.1) is 0 Å². The Morgan fingerprint density at radius 2 is 2.28 bits per heavy atom. The van der Waals surface area contributed by atoms with E-state index >= 15 is 0 Å². The number of piperidine rings is 1. The third-order valence-electron chi connectivity index (χ3n) is 3.64. The highest BCUT2D eigenvalue weighted by Crippen LogP contribution is 2.27. The second-order valence-electron chi connectivity index (χ2n) is 5.20. The molecule has 1 unspecified atom stereocenters. The van der Waals surface area contributed by atoms with Gasteiger partial charge in [0.2, 0.25) is 0 Å². The molecule has 0 amide bonds. The van der Waals surface area contributed by atoms with E-state index < -0.39 is 0 Å². The summed E-state index contributed by atoms with van der Waals surface area (Å²) in [4.78, 5) is 2.37. The zero-order chi connectivity index (χ0) is 13.2. The van der Waals surface area contributed by atoms with Crippen LogP contribution in [-0.4, -0.2) is 30.7 Å². The fourth-order valence-electron chi connectivity index (χ4n) is 2.50. The number of likely N-dealkylation sites (tertiary alicyclic amines) is 1. The Hall–Kier alpha value is -0.450. The van der Waals surface area contributed by atoms with Crippen molar-refractivity contribution in [2.75, 3.05) is 20.2 Å². The maximum Gasteiger partial charge on any atom is 0.124 e. The van der Waals surface area contributed by atoms with Crippen LogP contribution < -0.4 is 0 Å². The lowest BCUT2D eigenvalue weighted by atomic mass is 9.94. The first-order valence-electron chi connectivity index (χ1n) is 6.24. The number of methoxy groups -OCH3 is 1. The summed E-state index contributed by atoms with van der Waals surface area (Å²) < 4.78 is 19.5. The van der Waals surface area contributed by atoms with Crippen molar-refractivity contribution in [1.82, 2.24) is 4.90 Å². The summed E-state index contributed by atoms with van der Waals surface area (Å²) in [5, 5.41) is 0. The van der Waals surface area contributed by atoms with Gasteiger partial charge < -0.3 is 4.74 Å². The van der Waals surface area contributed by atoms with Crippen molar-refractivity contribution in [2.24, 2.45) is 0 Å². The quantitative estimate of drug-likeness (QED) is 0.845. The molecule has 0 aliphatic carbocycles. The number of rotatable bonds is 3. The summed E-state index contributed by atoms with van der Waals surface area (Å²) in [7, 11) is 1.78. The standard InChI is InChI=1S/C14H19BrFNO/c1-14(18-2)6-3-7-17(10-14)9-11-4-5-12(16)8-13(11)15/h4-5,8H,3,6-7,9-10H2,1-2H3. The molecule has 4 heteroatoms. The summed E-state index contributed by atoms with van der Waals surface area (Å²) in [6.07, 6.45) is 2.24. The smallest absolute Gasteiger partial charge is 0.124 e. The molecule has 1 aromatic carbocycles. The van der Waals surface area contributed by atoms with Crippen LogP contribution in [0.15, 0.2) is 22.7 Å². The molecule has 0 aromatic heterocycles. The monoisotopic (exact) mass is 315 g/mol. The van der Waals surface area contributed by atoms with Crippen molar-refractivity contribution >= 4 is 15.9 Å². The molecule has 1 atom stereocenters. The summed E-state index contributed by atoms with van der Waals surface area (Å²) in [5.41, 5.74) is 1.07. The molecule has 0 N–H and O–H groups in total. The molecule has 1 aliphatic heterocycles. The minimum atomic E-state index is -0.203. The third kappa shape index (κ3) is 3.31. The Morgan fingerprint density at radius 3 is 2.94 bits per heavy atom. The lowest BCUT2D eigenvalue weighted by Crippen LogP contribution is -2.46. The largest absolute Gasteiger partial charge is 0.377 e. The number of benzene rings is 1. The van der Waals surface area contributed by atoms with Crippen LogP contribution in [0.25, 0.3) is 0 Å². The van der Waals surface area contributed by atoms with E-state index in [1.807, 2.05) is 6.07 Å². The Morgan fingerprint density at radius 1 is 1.50 bits per heavy atom. The molecule has 100 valence electrons. The molecule has 1 heterocycles. The molecular formula is C14H19BrFNO. The Kier molecular flexibility index (Phi) is 4.41. The van der Waals surface area contributed by atoms with Gasteiger partial charge in [-0.2, -0.15) is 0 Å². The highest BCUT2D eigenvalue weighted by Gasteiger charge is 2.30. The normalized spacial score (nSPS) is 25.3. The van der Waals surface area contributed by atoms with Crippen LogP contribution in [0, 0.1) is 5.82 Å². The van der Waals surface area contributed by atoms with Crippen molar-refractivity contribution in [3.8, 4) is 0 Å². The van der Waals surface area contributed by atoms with Gasteiger partial charge in [-0.3, -0.25) is 4.90 Å². The van der Waals surface area contributed by atoms with Gasteiger partial charge in [0.15, 0.2) is 0 Å². The van der Waals surface area contributed by atoms with E-state index in [2.05, 4.69) is 27.8 Å². The summed E-state index contributed by atoms with van der Waals surface area (Å²) in [6.45, 7) is 4.98. The summed E-state index contributed by atoms with van der Waals surface area (Å²) in [5.74, 6) is -0.203. The van der Waals surface area contributed by atoms with Gasteiger partial charge >= 0.3 is 0 Å². The number of halogens is 2. The number of hydrogen-bond acceptors (Lipinski definition) is 2. The van der Waals surface area contributed by atoms with Crippen molar-refractivity contribution in [3.05, 3.63) is 34.1 Å². The SMILES string of the molecule is COC1(C)CCCN(Cc2ccc(F)cc2Br)C1. The average Bonchev–Trinajstić information content (AvgIpc) is 2.33. The van der Waals surface area contributed by atoms with Crippen LogP contribution in [0.3, 0.4) is 0 Å². The van der Waals surface area contributed by atoms with Crippen molar-refractivity contribution in [2.45, 2.75) is 31.9 Å². The third-order valence-corrected chi connectivity index (χ3v) is 4.38. The molecule has 1 aliphatic rings. The molecule has 1 aromatic rings. The lowest BCUT2D eigenvalue weighted by Gasteiger charge is -2.39. The van der Waals surface area contributed by atoms with E-state index in [9.17, 15) is 4.39 Å². The van der Waals surface area contributed by atoms with Gasteiger partial charge in [0.1, 0.15) is 5.82 Å². The molecule has 18 heavy (non-hydrogen) atoms. The molecule has 0 saturated carbocycles. The van der Waals surface area contributed by atoms with Gasteiger partial charge in [-0.05, 0) is 44.0 Å². The van der Waals surface area contributed by atoms with Crippen LogP contribution in [0.4, 0.5) is 4.39 Å². The minimum Gasteiger partial charge on any atom is -0.377 e. The first kappa shape index (κ1) is 14.0. The molecule has 0 bridgehead atoms. The summed E-state index contributed by atoms with van der Waals surface area (Å²) >= 11 is 3.42. The van der Waals surface area contributed by atoms with E-state index in [1.165, 1.54) is 12.1 Å². The highest BCUT2D eigenvalue weighted by atomic mass is 79.9. The molecule has 1 fully saturated rings. The molecular weight excluding hydrogens is 297 g/mol. The van der Waals surface area contributed by atoms with Crippen molar-refractivity contribution < 1.29 is 9.13 Å². The predicted octanol–water partition coefficient (Wildman–Crippen LogP) is 3.59. The number of hydrogen-bond donors (Lipinski definition) is 0. The Balaban J connectivity index is 2.05. The fraction of sp³-hybridized carbons (Fsp3) is 0.571. The Bertz CT molecular complexity index is 426. The van der Waals surface area contributed by atoms with Crippen LogP contribution >= 0.6 is 15.9 Å². The van der Waals surface area contributed by atoms with Crippen LogP contribution in [0.1, 0.15) is 25.3 Å². The van der Waals surface area contributed by atoms with Gasteiger partial charge in [-0.1, -0.05) is 22.0 Å². The van der Waals surface area contributed by atoms with E-state index in [0.29, 0.717) is 0 Å². The molecule has 0 spiro atoms. The number of nitrogens with zero attached hydrogens (tertiary/aromatic N) is 1. The summed E-state index contributed by atoms with van der Waals surface area (Å²) in [6, 6.07) is 4.88. The topological polar surface area (TPSA) is 12.5 Å². The van der Waals surface area contributed by atoms with Gasteiger partial charge in [-0.25, -0.2) is 4.39 Å². The second kappa shape index (κ2) is 5.68. The first-order chi connectivity index (χ1) is 8.52. The lowest BCUT2D eigenvalue weighted by molar-refractivity contribution is -0.0527. The highest BCUT2D eigenvalue weighted by molar-refractivity contribution is 9.10. The maximum atomic E-state index is 13.0.